The molecule has 2 aromatic rings. The summed E-state index contributed by atoms with van der Waals surface area (Å²) in [5, 5.41) is 10.7. The summed E-state index contributed by atoms with van der Waals surface area (Å²) < 4.78 is 0. The number of aliphatic carboxylic acids is 1. The van der Waals surface area contributed by atoms with Crippen molar-refractivity contribution in [1.82, 2.24) is 0 Å². The molecule has 0 aliphatic rings. The molecular weight excluding hydrogens is 278 g/mol. The Morgan fingerprint density at radius 2 is 1.36 bits per heavy atom. The Kier molecular flexibility index (Phi) is 5.31. The van der Waals surface area contributed by atoms with Crippen molar-refractivity contribution in [2.75, 3.05) is 4.90 Å². The van der Waals surface area contributed by atoms with Crippen LogP contribution in [-0.2, 0) is 9.59 Å². The first kappa shape index (κ1) is 15.8. The Morgan fingerprint density at radius 1 is 0.909 bits per heavy atom. The van der Waals surface area contributed by atoms with Crippen molar-refractivity contribution in [1.29, 1.82) is 0 Å². The van der Waals surface area contributed by atoms with Crippen LogP contribution in [0.25, 0.3) is 0 Å². The molecule has 22 heavy (non-hydrogen) atoms. The van der Waals surface area contributed by atoms with Gasteiger partial charge in [0.2, 0.25) is 5.91 Å². The number of carbonyl (C=O) groups excluding carboxylic acids is 2. The summed E-state index contributed by atoms with van der Waals surface area (Å²) in [5.74, 6) is -1.54. The maximum absolute atomic E-state index is 12.6. The van der Waals surface area contributed by atoms with Gasteiger partial charge in [0.25, 0.3) is 0 Å². The van der Waals surface area contributed by atoms with E-state index >= 15 is 0 Å². The van der Waals surface area contributed by atoms with Gasteiger partial charge in [-0.1, -0.05) is 43.3 Å². The van der Waals surface area contributed by atoms with Crippen molar-refractivity contribution in [3.05, 3.63) is 60.7 Å². The lowest BCUT2D eigenvalue weighted by Crippen LogP contribution is -2.30. The number of carboxylic acids is 1. The van der Waals surface area contributed by atoms with Crippen LogP contribution < -0.4 is 10.0 Å². The molecule has 0 aromatic heterocycles. The van der Waals surface area contributed by atoms with Gasteiger partial charge in [0.1, 0.15) is 0 Å². The van der Waals surface area contributed by atoms with Crippen molar-refractivity contribution in [2.24, 2.45) is 5.92 Å². The summed E-state index contributed by atoms with van der Waals surface area (Å²) in [7, 11) is 0. The maximum Gasteiger partial charge on any atom is 0.231 e. The van der Waals surface area contributed by atoms with Gasteiger partial charge in [-0.2, -0.15) is 0 Å². The number of para-hydroxylation sites is 2. The Hall–Kier alpha value is -2.62. The average Bonchev–Trinajstić information content (AvgIpc) is 2.48. The molecule has 4 heteroatoms. The molecule has 0 spiro atoms. The highest BCUT2D eigenvalue weighted by Gasteiger charge is 2.20. The summed E-state index contributed by atoms with van der Waals surface area (Å²) in [4.78, 5) is 24.9. The fourth-order valence-corrected chi connectivity index (χ4v) is 2.34. The minimum Gasteiger partial charge on any atom is -0.550 e. The first-order chi connectivity index (χ1) is 10.6. The molecule has 1 amide bonds. The average molecular weight is 296 g/mol. The number of amides is 1. The molecule has 0 saturated heterocycles. The van der Waals surface area contributed by atoms with Gasteiger partial charge < -0.3 is 9.90 Å². The molecule has 1 atom stereocenters. The summed E-state index contributed by atoms with van der Waals surface area (Å²) in [6, 6.07) is 18.6. The maximum atomic E-state index is 12.6. The van der Waals surface area contributed by atoms with Crippen LogP contribution in [0.1, 0.15) is 19.8 Å². The zero-order valence-electron chi connectivity index (χ0n) is 12.4. The van der Waals surface area contributed by atoms with E-state index < -0.39 is 5.97 Å². The number of hydrogen-bond acceptors (Lipinski definition) is 3. The summed E-state index contributed by atoms with van der Waals surface area (Å²) in [6.45, 7) is 1.74. The van der Waals surface area contributed by atoms with E-state index in [-0.39, 0.29) is 24.7 Å². The van der Waals surface area contributed by atoms with Gasteiger partial charge in [-0.15, -0.1) is 0 Å². The van der Waals surface area contributed by atoms with E-state index in [9.17, 15) is 14.7 Å². The predicted molar refractivity (Wildman–Crippen MR) is 83.4 cm³/mol. The van der Waals surface area contributed by atoms with Crippen molar-refractivity contribution in [2.45, 2.75) is 19.8 Å². The standard InChI is InChI=1S/C18H19NO3/c1-14(13-18(21)22)12-17(20)19(15-8-4-2-5-9-15)16-10-6-3-7-11-16/h2-11,14H,12-13H2,1H3,(H,21,22)/p-1/t14-/m0/s1. The van der Waals surface area contributed by atoms with Crippen LogP contribution in [0.15, 0.2) is 60.7 Å². The van der Waals surface area contributed by atoms with E-state index in [1.807, 2.05) is 60.7 Å². The van der Waals surface area contributed by atoms with Crippen LogP contribution in [-0.4, -0.2) is 11.9 Å². The molecule has 0 bridgehead atoms. The quantitative estimate of drug-likeness (QED) is 0.823. The normalized spacial score (nSPS) is 11.7. The third kappa shape index (κ3) is 4.19. The molecule has 0 unspecified atom stereocenters. The van der Waals surface area contributed by atoms with Gasteiger partial charge in [0, 0.05) is 23.8 Å². The van der Waals surface area contributed by atoms with Crippen LogP contribution in [0.2, 0.25) is 0 Å². The Balaban J connectivity index is 2.25. The molecule has 0 fully saturated rings. The second-order valence-corrected chi connectivity index (χ2v) is 5.29. The SMILES string of the molecule is C[C@H](CC(=O)[O-])CC(=O)N(c1ccccc1)c1ccccc1. The lowest BCUT2D eigenvalue weighted by atomic mass is 10.0. The molecule has 114 valence electrons. The molecule has 0 heterocycles. The molecule has 0 N–H and O–H groups in total. The van der Waals surface area contributed by atoms with E-state index in [0.717, 1.165) is 11.4 Å². The van der Waals surface area contributed by atoms with E-state index in [0.29, 0.717) is 0 Å². The zero-order chi connectivity index (χ0) is 15.9. The van der Waals surface area contributed by atoms with E-state index in [1.165, 1.54) is 0 Å². The fraction of sp³-hybridized carbons (Fsp3) is 0.222. The number of carbonyl (C=O) groups is 2. The van der Waals surface area contributed by atoms with Crippen molar-refractivity contribution in [3.8, 4) is 0 Å². The number of benzene rings is 2. The molecular formula is C18H18NO3-. The van der Waals surface area contributed by atoms with Gasteiger partial charge in [-0.05, 0) is 36.6 Å². The van der Waals surface area contributed by atoms with Gasteiger partial charge in [0.15, 0.2) is 0 Å². The number of hydrogen-bond donors (Lipinski definition) is 0. The first-order valence-corrected chi connectivity index (χ1v) is 7.21. The second-order valence-electron chi connectivity index (χ2n) is 5.29. The summed E-state index contributed by atoms with van der Waals surface area (Å²) >= 11 is 0. The third-order valence-corrected chi connectivity index (χ3v) is 3.32. The Morgan fingerprint density at radius 3 is 1.77 bits per heavy atom. The third-order valence-electron chi connectivity index (χ3n) is 3.32. The molecule has 0 saturated carbocycles. The zero-order valence-corrected chi connectivity index (χ0v) is 12.4. The lowest BCUT2D eigenvalue weighted by molar-refractivity contribution is -0.306. The Bertz CT molecular complexity index is 586. The van der Waals surface area contributed by atoms with Crippen LogP contribution >= 0.6 is 0 Å². The van der Waals surface area contributed by atoms with Gasteiger partial charge >= 0.3 is 0 Å². The highest BCUT2D eigenvalue weighted by Crippen LogP contribution is 2.27. The molecule has 2 aromatic carbocycles. The van der Waals surface area contributed by atoms with Crippen LogP contribution in [0.4, 0.5) is 11.4 Å². The predicted octanol–water partition coefficient (Wildman–Crippen LogP) is 2.52. The van der Waals surface area contributed by atoms with Gasteiger partial charge in [-0.3, -0.25) is 9.69 Å². The molecule has 0 radical (unpaired) electrons. The molecule has 0 aliphatic carbocycles. The van der Waals surface area contributed by atoms with E-state index in [2.05, 4.69) is 0 Å². The number of nitrogens with zero attached hydrogens (tertiary/aromatic N) is 1. The second kappa shape index (κ2) is 7.41. The Labute approximate surface area is 130 Å². The minimum absolute atomic E-state index is 0.122. The molecule has 4 nitrogen and oxygen atoms in total. The van der Waals surface area contributed by atoms with E-state index in [4.69, 9.17) is 0 Å². The van der Waals surface area contributed by atoms with Crippen molar-refractivity contribution in [3.63, 3.8) is 0 Å². The largest absolute Gasteiger partial charge is 0.550 e. The van der Waals surface area contributed by atoms with Crippen LogP contribution in [0, 0.1) is 5.92 Å². The summed E-state index contributed by atoms with van der Waals surface area (Å²) in [5.41, 5.74) is 1.53. The number of carboxylic acid groups (broad SMARTS) is 1. The highest BCUT2D eigenvalue weighted by molar-refractivity contribution is 6.00. The molecule has 2 rings (SSSR count). The van der Waals surface area contributed by atoms with Crippen molar-refractivity contribution >= 4 is 23.3 Å². The number of rotatable bonds is 6. The van der Waals surface area contributed by atoms with Gasteiger partial charge in [-0.25, -0.2) is 0 Å². The highest BCUT2D eigenvalue weighted by atomic mass is 16.4. The van der Waals surface area contributed by atoms with Gasteiger partial charge in [0.05, 0.1) is 0 Å². The van der Waals surface area contributed by atoms with Crippen LogP contribution in [0.3, 0.4) is 0 Å². The topological polar surface area (TPSA) is 60.4 Å². The fourth-order valence-electron chi connectivity index (χ4n) is 2.34. The van der Waals surface area contributed by atoms with Crippen LogP contribution in [0.5, 0.6) is 0 Å². The molecule has 0 aliphatic heterocycles. The van der Waals surface area contributed by atoms with E-state index in [1.54, 1.807) is 11.8 Å². The monoisotopic (exact) mass is 296 g/mol. The number of anilines is 2. The summed E-state index contributed by atoms with van der Waals surface area (Å²) in [6.07, 6.45) is 0.0287. The minimum atomic E-state index is -1.13. The van der Waals surface area contributed by atoms with Crippen molar-refractivity contribution < 1.29 is 14.7 Å². The first-order valence-electron chi connectivity index (χ1n) is 7.21. The smallest absolute Gasteiger partial charge is 0.231 e. The lowest BCUT2D eigenvalue weighted by Gasteiger charge is -2.24.